The maximum absolute atomic E-state index is 10.4. The zero-order valence-electron chi connectivity index (χ0n) is 12.3. The second-order valence-electron chi connectivity index (χ2n) is 5.57. The van der Waals surface area contributed by atoms with Crippen LogP contribution in [0.4, 0.5) is 5.69 Å². The van der Waals surface area contributed by atoms with Crippen molar-refractivity contribution in [3.8, 4) is 5.75 Å². The van der Waals surface area contributed by atoms with Gasteiger partial charge >= 0.3 is 0 Å². The number of aliphatic imine (C=N–C) groups is 1. The number of aromatic hydroxyl groups is 1. The Morgan fingerprint density at radius 3 is 2.40 bits per heavy atom. The molecule has 2 rings (SSSR count). The van der Waals surface area contributed by atoms with Crippen LogP contribution in [0.15, 0.2) is 53.5 Å². The quantitative estimate of drug-likeness (QED) is 0.791. The van der Waals surface area contributed by atoms with Crippen molar-refractivity contribution < 1.29 is 5.11 Å². The van der Waals surface area contributed by atoms with E-state index in [1.807, 2.05) is 48.5 Å². The number of nitrogens with zero attached hydrogens (tertiary/aromatic N) is 1. The number of rotatable bonds is 4. The zero-order chi connectivity index (χ0) is 14.6. The maximum atomic E-state index is 10.4. The van der Waals surface area contributed by atoms with Gasteiger partial charge in [0.15, 0.2) is 0 Å². The molecule has 1 N–H and O–H groups in total. The van der Waals surface area contributed by atoms with E-state index in [0.29, 0.717) is 5.75 Å². The van der Waals surface area contributed by atoms with Crippen molar-refractivity contribution in [3.05, 3.63) is 59.7 Å². The van der Waals surface area contributed by atoms with Crippen molar-refractivity contribution in [1.82, 2.24) is 0 Å². The first-order valence-corrected chi connectivity index (χ1v) is 6.96. The topological polar surface area (TPSA) is 32.6 Å². The Morgan fingerprint density at radius 1 is 1.05 bits per heavy atom. The summed E-state index contributed by atoms with van der Waals surface area (Å²) < 4.78 is 0. The molecule has 104 valence electrons. The lowest BCUT2D eigenvalue weighted by molar-refractivity contribution is 0.428. The smallest absolute Gasteiger partial charge is 0.128 e. The third-order valence-corrected chi connectivity index (χ3v) is 3.79. The Labute approximate surface area is 120 Å². The van der Waals surface area contributed by atoms with Crippen LogP contribution in [0, 0.1) is 0 Å². The van der Waals surface area contributed by atoms with Gasteiger partial charge in [-0.2, -0.15) is 0 Å². The lowest BCUT2D eigenvalue weighted by Crippen LogP contribution is -2.16. The summed E-state index contributed by atoms with van der Waals surface area (Å²) in [5, 5.41) is 10.4. The van der Waals surface area contributed by atoms with E-state index in [9.17, 15) is 5.11 Å². The predicted octanol–water partition coefficient (Wildman–Crippen LogP) is 4.83. The molecule has 0 aliphatic heterocycles. The van der Waals surface area contributed by atoms with Crippen LogP contribution in [-0.2, 0) is 5.41 Å². The molecule has 0 saturated carbocycles. The van der Waals surface area contributed by atoms with E-state index in [1.165, 1.54) is 0 Å². The molecule has 0 saturated heterocycles. The molecule has 0 heterocycles. The Balaban J connectivity index is 2.35. The molecule has 0 amide bonds. The summed E-state index contributed by atoms with van der Waals surface area (Å²) in [5.41, 5.74) is 2.57. The SMILES string of the molecule is CCC(C)(C)c1cccc(C=Nc2ccccc2)c1O. The Hall–Kier alpha value is -2.09. The van der Waals surface area contributed by atoms with Gasteiger partial charge in [-0.05, 0) is 30.0 Å². The first-order valence-electron chi connectivity index (χ1n) is 6.96. The van der Waals surface area contributed by atoms with Crippen molar-refractivity contribution >= 4 is 11.9 Å². The fourth-order valence-corrected chi connectivity index (χ4v) is 2.06. The molecule has 0 spiro atoms. The van der Waals surface area contributed by atoms with E-state index in [0.717, 1.165) is 23.2 Å². The molecule has 0 aliphatic rings. The van der Waals surface area contributed by atoms with Crippen molar-refractivity contribution in [3.63, 3.8) is 0 Å². The monoisotopic (exact) mass is 267 g/mol. The minimum atomic E-state index is -0.0410. The minimum absolute atomic E-state index is 0.0410. The Bertz CT molecular complexity index is 600. The molecule has 0 radical (unpaired) electrons. The fraction of sp³-hybridized carbons (Fsp3) is 0.278. The molecular formula is C18H21NO. The molecule has 0 atom stereocenters. The van der Waals surface area contributed by atoms with Gasteiger partial charge in [-0.15, -0.1) is 0 Å². The van der Waals surface area contributed by atoms with Crippen LogP contribution in [0.2, 0.25) is 0 Å². The zero-order valence-corrected chi connectivity index (χ0v) is 12.3. The summed E-state index contributed by atoms with van der Waals surface area (Å²) in [6.45, 7) is 6.41. The number of para-hydroxylation sites is 2. The average Bonchev–Trinajstić information content (AvgIpc) is 2.47. The van der Waals surface area contributed by atoms with Gasteiger partial charge in [0.05, 0.1) is 5.69 Å². The number of hydrogen-bond donors (Lipinski definition) is 1. The van der Waals surface area contributed by atoms with Gasteiger partial charge in [-0.1, -0.05) is 51.1 Å². The molecule has 0 aliphatic carbocycles. The summed E-state index contributed by atoms with van der Waals surface area (Å²) in [7, 11) is 0. The molecule has 0 bridgehead atoms. The lowest BCUT2D eigenvalue weighted by Gasteiger charge is -2.24. The molecule has 2 aromatic rings. The van der Waals surface area contributed by atoms with Gasteiger partial charge in [0.1, 0.15) is 5.75 Å². The predicted molar refractivity (Wildman–Crippen MR) is 85.1 cm³/mol. The van der Waals surface area contributed by atoms with Crippen LogP contribution in [0.5, 0.6) is 5.75 Å². The van der Waals surface area contributed by atoms with Crippen LogP contribution in [-0.4, -0.2) is 11.3 Å². The van der Waals surface area contributed by atoms with E-state index in [-0.39, 0.29) is 5.41 Å². The maximum Gasteiger partial charge on any atom is 0.128 e. The van der Waals surface area contributed by atoms with E-state index in [1.54, 1.807) is 6.21 Å². The Morgan fingerprint density at radius 2 is 1.75 bits per heavy atom. The highest BCUT2D eigenvalue weighted by molar-refractivity contribution is 5.86. The van der Waals surface area contributed by atoms with Crippen LogP contribution in [0.1, 0.15) is 38.3 Å². The van der Waals surface area contributed by atoms with Gasteiger partial charge in [-0.25, -0.2) is 0 Å². The summed E-state index contributed by atoms with van der Waals surface area (Å²) in [5.74, 6) is 0.332. The summed E-state index contributed by atoms with van der Waals surface area (Å²) >= 11 is 0. The largest absolute Gasteiger partial charge is 0.507 e. The van der Waals surface area contributed by atoms with Crippen molar-refractivity contribution in [2.24, 2.45) is 4.99 Å². The van der Waals surface area contributed by atoms with Crippen LogP contribution < -0.4 is 0 Å². The first kappa shape index (κ1) is 14.3. The van der Waals surface area contributed by atoms with E-state index in [2.05, 4.69) is 25.8 Å². The summed E-state index contributed by atoms with van der Waals surface area (Å²) in [6, 6.07) is 15.6. The molecule has 2 heteroatoms. The van der Waals surface area contributed by atoms with Gasteiger partial charge in [0.25, 0.3) is 0 Å². The molecular weight excluding hydrogens is 246 g/mol. The van der Waals surface area contributed by atoms with Crippen molar-refractivity contribution in [2.75, 3.05) is 0 Å². The lowest BCUT2D eigenvalue weighted by atomic mass is 9.81. The van der Waals surface area contributed by atoms with Crippen molar-refractivity contribution in [2.45, 2.75) is 32.6 Å². The highest BCUT2D eigenvalue weighted by Crippen LogP contribution is 2.35. The van der Waals surface area contributed by atoms with Gasteiger partial charge in [0.2, 0.25) is 0 Å². The molecule has 20 heavy (non-hydrogen) atoms. The molecule has 0 fully saturated rings. The first-order chi connectivity index (χ1) is 9.54. The van der Waals surface area contributed by atoms with E-state index >= 15 is 0 Å². The standard InChI is InChI=1S/C18H21NO/c1-4-18(2,3)16-12-8-9-14(17(16)20)13-19-15-10-6-5-7-11-15/h5-13,20H,4H2,1-3H3. The molecule has 2 nitrogen and oxygen atoms in total. The molecule has 2 aromatic carbocycles. The summed E-state index contributed by atoms with van der Waals surface area (Å²) in [6.07, 6.45) is 2.69. The van der Waals surface area contributed by atoms with E-state index in [4.69, 9.17) is 0 Å². The van der Waals surface area contributed by atoms with Gasteiger partial charge in [0, 0.05) is 17.3 Å². The van der Waals surface area contributed by atoms with Crippen molar-refractivity contribution in [1.29, 1.82) is 0 Å². The van der Waals surface area contributed by atoms with Gasteiger partial charge < -0.3 is 5.11 Å². The van der Waals surface area contributed by atoms with Crippen LogP contribution in [0.25, 0.3) is 0 Å². The average molecular weight is 267 g/mol. The van der Waals surface area contributed by atoms with Gasteiger partial charge in [-0.3, -0.25) is 4.99 Å². The highest BCUT2D eigenvalue weighted by Gasteiger charge is 2.22. The second kappa shape index (κ2) is 5.91. The van der Waals surface area contributed by atoms with Crippen LogP contribution in [0.3, 0.4) is 0 Å². The Kier molecular flexibility index (Phi) is 4.23. The third-order valence-electron chi connectivity index (χ3n) is 3.79. The number of hydrogen-bond acceptors (Lipinski definition) is 2. The highest BCUT2D eigenvalue weighted by atomic mass is 16.3. The molecule has 0 unspecified atom stereocenters. The van der Waals surface area contributed by atoms with Crippen LogP contribution >= 0.6 is 0 Å². The molecule has 0 aromatic heterocycles. The summed E-state index contributed by atoms with van der Waals surface area (Å²) in [4.78, 5) is 4.40. The van der Waals surface area contributed by atoms with E-state index < -0.39 is 0 Å². The normalized spacial score (nSPS) is 11.9. The number of benzene rings is 2. The second-order valence-corrected chi connectivity index (χ2v) is 5.57. The fourth-order valence-electron chi connectivity index (χ4n) is 2.06. The minimum Gasteiger partial charge on any atom is -0.507 e. The number of phenols is 1. The number of phenolic OH excluding ortho intramolecular Hbond substituents is 1. The third kappa shape index (κ3) is 3.08.